The molecule has 0 aliphatic rings. The highest BCUT2D eigenvalue weighted by atomic mass is 32.2. The molecule has 0 aliphatic heterocycles. The van der Waals surface area contributed by atoms with Crippen LogP contribution in [-0.4, -0.2) is 45.7 Å². The van der Waals surface area contributed by atoms with Gasteiger partial charge in [0.15, 0.2) is 0 Å². The lowest BCUT2D eigenvalue weighted by Crippen LogP contribution is -2.23. The summed E-state index contributed by atoms with van der Waals surface area (Å²) in [5.74, 6) is 0. The topological polar surface area (TPSA) is 72.8 Å². The fraction of sp³-hybridized carbons (Fsp3) is 1.00. The Morgan fingerprint density at radius 3 is 2.50 bits per heavy atom. The van der Waals surface area contributed by atoms with Gasteiger partial charge in [0.25, 0.3) is 10.1 Å². The van der Waals surface area contributed by atoms with Crippen LogP contribution in [0.3, 0.4) is 0 Å². The van der Waals surface area contributed by atoms with E-state index < -0.39 is 16.2 Å². The van der Waals surface area contributed by atoms with Crippen molar-refractivity contribution in [1.29, 1.82) is 0 Å². The van der Waals surface area contributed by atoms with Crippen molar-refractivity contribution >= 4 is 10.1 Å². The second-order valence-electron chi connectivity index (χ2n) is 3.72. The highest BCUT2D eigenvalue weighted by molar-refractivity contribution is 7.86. The molecule has 0 aromatic heterocycles. The van der Waals surface area contributed by atoms with Crippen LogP contribution in [0.1, 0.15) is 32.6 Å². The predicted molar refractivity (Wildman–Crippen MR) is 61.8 cm³/mol. The molecule has 0 bridgehead atoms. The molecule has 98 valence electrons. The molecule has 0 aromatic rings. The van der Waals surface area contributed by atoms with Crippen molar-refractivity contribution in [1.82, 2.24) is 0 Å². The Morgan fingerprint density at radius 1 is 1.31 bits per heavy atom. The molecule has 0 rings (SSSR count). The molecule has 5 nitrogen and oxygen atoms in total. The Hall–Kier alpha value is -0.170. The molecule has 1 atom stereocenters. The lowest BCUT2D eigenvalue weighted by atomic mass is 10.2. The van der Waals surface area contributed by atoms with Crippen LogP contribution in [-0.2, 0) is 19.0 Å². The zero-order chi connectivity index (χ0) is 12.4. The standard InChI is InChI=1S/C10H22O5S/c1-3-4-8-14-9-10(6-5-7-11)15-16(2,12)13/h10-11H,3-9H2,1-2H3. The molecule has 0 saturated heterocycles. The van der Waals surface area contributed by atoms with E-state index in [2.05, 4.69) is 6.92 Å². The molecule has 0 spiro atoms. The van der Waals surface area contributed by atoms with Crippen LogP contribution in [0.5, 0.6) is 0 Å². The van der Waals surface area contributed by atoms with Crippen LogP contribution in [0.15, 0.2) is 0 Å². The molecule has 6 heteroatoms. The second-order valence-corrected chi connectivity index (χ2v) is 5.32. The molecule has 0 radical (unpaired) electrons. The van der Waals surface area contributed by atoms with Crippen molar-refractivity contribution < 1.29 is 22.4 Å². The largest absolute Gasteiger partial charge is 0.396 e. The maximum absolute atomic E-state index is 11.0. The average molecular weight is 254 g/mol. The lowest BCUT2D eigenvalue weighted by molar-refractivity contribution is 0.0451. The summed E-state index contributed by atoms with van der Waals surface area (Å²) in [7, 11) is -3.46. The third kappa shape index (κ3) is 10.4. The molecule has 0 amide bonds. The zero-order valence-electron chi connectivity index (χ0n) is 10.0. The van der Waals surface area contributed by atoms with Gasteiger partial charge < -0.3 is 9.84 Å². The summed E-state index contributed by atoms with van der Waals surface area (Å²) >= 11 is 0. The molecular formula is C10H22O5S. The van der Waals surface area contributed by atoms with E-state index in [-0.39, 0.29) is 13.2 Å². The Morgan fingerprint density at radius 2 is 2.00 bits per heavy atom. The summed E-state index contributed by atoms with van der Waals surface area (Å²) in [4.78, 5) is 0. The summed E-state index contributed by atoms with van der Waals surface area (Å²) in [6, 6.07) is 0. The van der Waals surface area contributed by atoms with Gasteiger partial charge >= 0.3 is 0 Å². The van der Waals surface area contributed by atoms with Gasteiger partial charge in [-0.2, -0.15) is 8.42 Å². The number of ether oxygens (including phenoxy) is 1. The first kappa shape index (κ1) is 15.8. The number of hydrogen-bond donors (Lipinski definition) is 1. The normalized spacial score (nSPS) is 13.9. The minimum atomic E-state index is -3.46. The number of rotatable bonds is 10. The van der Waals surface area contributed by atoms with E-state index in [9.17, 15) is 8.42 Å². The third-order valence-electron chi connectivity index (χ3n) is 1.94. The lowest BCUT2D eigenvalue weighted by Gasteiger charge is -2.15. The van der Waals surface area contributed by atoms with E-state index in [1.807, 2.05) is 0 Å². The summed E-state index contributed by atoms with van der Waals surface area (Å²) in [6.45, 7) is 2.95. The zero-order valence-corrected chi connectivity index (χ0v) is 10.8. The van der Waals surface area contributed by atoms with Gasteiger partial charge in [-0.1, -0.05) is 13.3 Å². The summed E-state index contributed by atoms with van der Waals surface area (Å²) in [5, 5.41) is 8.68. The molecule has 0 aromatic carbocycles. The SMILES string of the molecule is CCCCOCC(CCCO)OS(C)(=O)=O. The number of unbranched alkanes of at least 4 members (excludes halogenated alkanes) is 1. The van der Waals surface area contributed by atoms with Gasteiger partial charge in [0.1, 0.15) is 6.10 Å². The quantitative estimate of drug-likeness (QED) is 0.463. The van der Waals surface area contributed by atoms with Crippen molar-refractivity contribution in [2.24, 2.45) is 0 Å². The maximum atomic E-state index is 11.0. The molecule has 16 heavy (non-hydrogen) atoms. The van der Waals surface area contributed by atoms with Gasteiger partial charge in [-0.15, -0.1) is 0 Å². The van der Waals surface area contributed by atoms with Crippen molar-refractivity contribution in [2.45, 2.75) is 38.7 Å². The van der Waals surface area contributed by atoms with Crippen LogP contribution in [0.25, 0.3) is 0 Å². The van der Waals surface area contributed by atoms with E-state index in [0.29, 0.717) is 19.4 Å². The highest BCUT2D eigenvalue weighted by Gasteiger charge is 2.15. The van der Waals surface area contributed by atoms with Crippen LogP contribution in [0.2, 0.25) is 0 Å². The minimum Gasteiger partial charge on any atom is -0.396 e. The van der Waals surface area contributed by atoms with E-state index in [1.54, 1.807) is 0 Å². The number of aliphatic hydroxyl groups excluding tert-OH is 1. The molecule has 1 N–H and O–H groups in total. The fourth-order valence-electron chi connectivity index (χ4n) is 1.19. The summed E-state index contributed by atoms with van der Waals surface area (Å²) in [6.07, 6.45) is 3.51. The van der Waals surface area contributed by atoms with E-state index in [4.69, 9.17) is 14.0 Å². The van der Waals surface area contributed by atoms with Crippen LogP contribution < -0.4 is 0 Å². The van der Waals surface area contributed by atoms with Crippen molar-refractivity contribution in [3.63, 3.8) is 0 Å². The van der Waals surface area contributed by atoms with E-state index in [0.717, 1.165) is 19.1 Å². The first-order valence-corrected chi connectivity index (χ1v) is 7.38. The van der Waals surface area contributed by atoms with E-state index >= 15 is 0 Å². The van der Waals surface area contributed by atoms with Crippen LogP contribution in [0.4, 0.5) is 0 Å². The van der Waals surface area contributed by atoms with Gasteiger partial charge in [-0.05, 0) is 19.3 Å². The second kappa shape index (κ2) is 8.92. The smallest absolute Gasteiger partial charge is 0.264 e. The maximum Gasteiger partial charge on any atom is 0.264 e. The molecule has 1 unspecified atom stereocenters. The highest BCUT2D eigenvalue weighted by Crippen LogP contribution is 2.07. The predicted octanol–water partition coefficient (Wildman–Crippen LogP) is 0.920. The number of aliphatic hydroxyl groups is 1. The Kier molecular flexibility index (Phi) is 8.83. The van der Waals surface area contributed by atoms with Crippen LogP contribution >= 0.6 is 0 Å². The molecule has 0 fully saturated rings. The van der Waals surface area contributed by atoms with Gasteiger partial charge in [0, 0.05) is 13.2 Å². The summed E-state index contributed by atoms with van der Waals surface area (Å²) in [5.41, 5.74) is 0. The van der Waals surface area contributed by atoms with Gasteiger partial charge in [0.2, 0.25) is 0 Å². The van der Waals surface area contributed by atoms with Crippen LogP contribution in [0, 0.1) is 0 Å². The monoisotopic (exact) mass is 254 g/mol. The van der Waals surface area contributed by atoms with Crippen molar-refractivity contribution in [2.75, 3.05) is 26.1 Å². The van der Waals surface area contributed by atoms with Crippen molar-refractivity contribution in [3.8, 4) is 0 Å². The van der Waals surface area contributed by atoms with Crippen molar-refractivity contribution in [3.05, 3.63) is 0 Å². The van der Waals surface area contributed by atoms with Gasteiger partial charge in [0.05, 0.1) is 12.9 Å². The molecule has 0 aliphatic carbocycles. The van der Waals surface area contributed by atoms with E-state index in [1.165, 1.54) is 0 Å². The Bertz CT molecular complexity index is 250. The van der Waals surface area contributed by atoms with Gasteiger partial charge in [-0.25, -0.2) is 0 Å². The third-order valence-corrected chi connectivity index (χ3v) is 2.56. The minimum absolute atomic E-state index is 0.0264. The average Bonchev–Trinajstić information content (AvgIpc) is 2.18. The molecule has 0 saturated carbocycles. The first-order valence-electron chi connectivity index (χ1n) is 5.56. The number of hydrogen-bond acceptors (Lipinski definition) is 5. The van der Waals surface area contributed by atoms with Gasteiger partial charge in [-0.3, -0.25) is 4.18 Å². The Balaban J connectivity index is 3.90. The molecule has 0 heterocycles. The Labute approximate surface area is 97.9 Å². The fourth-order valence-corrected chi connectivity index (χ4v) is 1.83. The first-order chi connectivity index (χ1) is 7.49. The summed E-state index contributed by atoms with van der Waals surface area (Å²) < 4.78 is 32.1. The molecular weight excluding hydrogens is 232 g/mol.